The van der Waals surface area contributed by atoms with Gasteiger partial charge >= 0.3 is 0 Å². The van der Waals surface area contributed by atoms with Crippen molar-refractivity contribution < 1.29 is 15.0 Å². The van der Waals surface area contributed by atoms with Crippen LogP contribution in [0.3, 0.4) is 0 Å². The fourth-order valence-corrected chi connectivity index (χ4v) is 3.32. The van der Waals surface area contributed by atoms with Crippen LogP contribution in [-0.2, 0) is 0 Å². The number of aromatic hydroxyl groups is 2. The highest BCUT2D eigenvalue weighted by molar-refractivity contribution is 5.97. The van der Waals surface area contributed by atoms with Gasteiger partial charge in [0.25, 0.3) is 5.91 Å². The Labute approximate surface area is 118 Å². The van der Waals surface area contributed by atoms with Crippen molar-refractivity contribution in [2.75, 3.05) is 19.6 Å². The molecular formula is C15H20N2O3. The van der Waals surface area contributed by atoms with E-state index in [1.807, 2.05) is 11.8 Å². The third kappa shape index (κ3) is 2.22. The maximum Gasteiger partial charge on any atom is 0.258 e. The van der Waals surface area contributed by atoms with Crippen molar-refractivity contribution in [2.45, 2.75) is 31.8 Å². The highest BCUT2D eigenvalue weighted by Gasteiger charge is 2.37. The molecule has 3 rings (SSSR count). The first-order chi connectivity index (χ1) is 9.56. The number of benzene rings is 1. The van der Waals surface area contributed by atoms with E-state index in [-0.39, 0.29) is 29.0 Å². The number of amides is 1. The van der Waals surface area contributed by atoms with Gasteiger partial charge in [-0.3, -0.25) is 9.69 Å². The topological polar surface area (TPSA) is 64.0 Å². The summed E-state index contributed by atoms with van der Waals surface area (Å²) in [5.41, 5.74) is 0.184. The third-order valence-corrected chi connectivity index (χ3v) is 4.41. The number of piperazine rings is 1. The molecule has 2 heterocycles. The van der Waals surface area contributed by atoms with Crippen molar-refractivity contribution in [3.8, 4) is 11.5 Å². The van der Waals surface area contributed by atoms with Gasteiger partial charge in [0, 0.05) is 25.2 Å². The molecule has 0 radical (unpaired) electrons. The van der Waals surface area contributed by atoms with E-state index in [9.17, 15) is 15.0 Å². The number of fused-ring (bicyclic) bond motifs is 1. The van der Waals surface area contributed by atoms with Crippen LogP contribution in [-0.4, -0.2) is 57.6 Å². The van der Waals surface area contributed by atoms with Crippen molar-refractivity contribution >= 4 is 5.91 Å². The number of hydrogen-bond acceptors (Lipinski definition) is 4. The van der Waals surface area contributed by atoms with Gasteiger partial charge in [0.1, 0.15) is 11.5 Å². The largest absolute Gasteiger partial charge is 0.508 e. The SMILES string of the molecule is CC1CN2CCCC2CN1C(=O)c1cc(O)ccc1O. The molecule has 1 aromatic rings. The zero-order valence-corrected chi connectivity index (χ0v) is 11.6. The smallest absolute Gasteiger partial charge is 0.258 e. The monoisotopic (exact) mass is 276 g/mol. The van der Waals surface area contributed by atoms with Gasteiger partial charge in [-0.05, 0) is 44.5 Å². The summed E-state index contributed by atoms with van der Waals surface area (Å²) in [4.78, 5) is 16.9. The van der Waals surface area contributed by atoms with E-state index in [0.29, 0.717) is 12.6 Å². The highest BCUT2D eigenvalue weighted by Crippen LogP contribution is 2.29. The molecular weight excluding hydrogens is 256 g/mol. The molecule has 0 bridgehead atoms. The Morgan fingerprint density at radius 3 is 2.90 bits per heavy atom. The predicted octanol–water partition coefficient (Wildman–Crippen LogP) is 1.41. The zero-order chi connectivity index (χ0) is 14.3. The number of hydrogen-bond donors (Lipinski definition) is 2. The Bertz CT molecular complexity index is 532. The molecule has 5 heteroatoms. The number of carbonyl (C=O) groups is 1. The van der Waals surface area contributed by atoms with Gasteiger partial charge in [-0.2, -0.15) is 0 Å². The molecule has 0 aromatic heterocycles. The summed E-state index contributed by atoms with van der Waals surface area (Å²) in [5, 5.41) is 19.4. The van der Waals surface area contributed by atoms with E-state index in [2.05, 4.69) is 4.90 Å². The fourth-order valence-electron chi connectivity index (χ4n) is 3.32. The molecule has 2 aliphatic rings. The summed E-state index contributed by atoms with van der Waals surface area (Å²) in [7, 11) is 0. The lowest BCUT2D eigenvalue weighted by molar-refractivity contribution is 0.0392. The van der Waals surface area contributed by atoms with Crippen LogP contribution in [0.1, 0.15) is 30.1 Å². The Morgan fingerprint density at radius 1 is 1.30 bits per heavy atom. The Kier molecular flexibility index (Phi) is 3.30. The molecule has 1 aromatic carbocycles. The van der Waals surface area contributed by atoms with Crippen LogP contribution in [0.4, 0.5) is 0 Å². The summed E-state index contributed by atoms with van der Waals surface area (Å²) >= 11 is 0. The van der Waals surface area contributed by atoms with E-state index in [0.717, 1.165) is 19.5 Å². The summed E-state index contributed by atoms with van der Waals surface area (Å²) < 4.78 is 0. The van der Waals surface area contributed by atoms with Crippen molar-refractivity contribution in [1.29, 1.82) is 0 Å². The van der Waals surface area contributed by atoms with E-state index in [1.54, 1.807) is 0 Å². The number of nitrogens with zero attached hydrogens (tertiary/aromatic N) is 2. The second kappa shape index (κ2) is 4.98. The Morgan fingerprint density at radius 2 is 2.10 bits per heavy atom. The summed E-state index contributed by atoms with van der Waals surface area (Å²) in [6.07, 6.45) is 2.32. The van der Waals surface area contributed by atoms with Crippen LogP contribution in [0.25, 0.3) is 0 Å². The molecule has 2 atom stereocenters. The molecule has 0 saturated carbocycles. The molecule has 5 nitrogen and oxygen atoms in total. The maximum atomic E-state index is 12.6. The number of phenols is 2. The minimum absolute atomic E-state index is 0.00157. The molecule has 0 aliphatic carbocycles. The lowest BCUT2D eigenvalue weighted by atomic mass is 10.1. The maximum absolute atomic E-state index is 12.6. The van der Waals surface area contributed by atoms with Crippen LogP contribution >= 0.6 is 0 Å². The van der Waals surface area contributed by atoms with Crippen LogP contribution in [0, 0.1) is 0 Å². The standard InChI is InChI=1S/C15H20N2O3/c1-10-8-16-6-2-3-11(16)9-17(10)15(20)13-7-12(18)4-5-14(13)19/h4-5,7,10-11,18-19H,2-3,6,8-9H2,1H3. The average Bonchev–Trinajstić information content (AvgIpc) is 2.87. The molecule has 2 aliphatic heterocycles. The molecule has 0 spiro atoms. The van der Waals surface area contributed by atoms with E-state index in [1.165, 1.54) is 24.6 Å². The number of carbonyl (C=O) groups excluding carboxylic acids is 1. The molecule has 1 amide bonds. The fraction of sp³-hybridized carbons (Fsp3) is 0.533. The van der Waals surface area contributed by atoms with Gasteiger partial charge in [0.05, 0.1) is 5.56 Å². The molecule has 2 unspecified atom stereocenters. The Balaban J connectivity index is 1.84. The van der Waals surface area contributed by atoms with Crippen molar-refractivity contribution in [2.24, 2.45) is 0 Å². The zero-order valence-electron chi connectivity index (χ0n) is 11.6. The Hall–Kier alpha value is -1.75. The third-order valence-electron chi connectivity index (χ3n) is 4.41. The highest BCUT2D eigenvalue weighted by atomic mass is 16.3. The molecule has 108 valence electrons. The normalized spacial score (nSPS) is 26.6. The summed E-state index contributed by atoms with van der Waals surface area (Å²) in [6.45, 7) is 4.74. The van der Waals surface area contributed by atoms with E-state index in [4.69, 9.17) is 0 Å². The average molecular weight is 276 g/mol. The minimum Gasteiger partial charge on any atom is -0.508 e. The molecule has 2 N–H and O–H groups in total. The van der Waals surface area contributed by atoms with Crippen LogP contribution in [0.2, 0.25) is 0 Å². The first-order valence-electron chi connectivity index (χ1n) is 7.13. The second-order valence-corrected chi connectivity index (χ2v) is 5.80. The van der Waals surface area contributed by atoms with Gasteiger partial charge in [-0.1, -0.05) is 0 Å². The van der Waals surface area contributed by atoms with E-state index >= 15 is 0 Å². The molecule has 20 heavy (non-hydrogen) atoms. The van der Waals surface area contributed by atoms with Crippen LogP contribution in [0.5, 0.6) is 11.5 Å². The van der Waals surface area contributed by atoms with Gasteiger partial charge in [0.2, 0.25) is 0 Å². The van der Waals surface area contributed by atoms with Crippen molar-refractivity contribution in [3.63, 3.8) is 0 Å². The first kappa shape index (κ1) is 13.2. The second-order valence-electron chi connectivity index (χ2n) is 5.80. The van der Waals surface area contributed by atoms with E-state index < -0.39 is 0 Å². The first-order valence-corrected chi connectivity index (χ1v) is 7.13. The lowest BCUT2D eigenvalue weighted by Gasteiger charge is -2.42. The van der Waals surface area contributed by atoms with Crippen LogP contribution in [0.15, 0.2) is 18.2 Å². The summed E-state index contributed by atoms with van der Waals surface area (Å²) in [5.74, 6) is -0.274. The minimum atomic E-state index is -0.197. The molecule has 2 fully saturated rings. The summed E-state index contributed by atoms with van der Waals surface area (Å²) in [6, 6.07) is 4.64. The van der Waals surface area contributed by atoms with Gasteiger partial charge in [0.15, 0.2) is 0 Å². The quantitative estimate of drug-likeness (QED) is 0.761. The van der Waals surface area contributed by atoms with Gasteiger partial charge < -0.3 is 15.1 Å². The lowest BCUT2D eigenvalue weighted by Crippen LogP contribution is -2.56. The predicted molar refractivity (Wildman–Crippen MR) is 74.9 cm³/mol. The van der Waals surface area contributed by atoms with Crippen molar-refractivity contribution in [1.82, 2.24) is 9.80 Å². The van der Waals surface area contributed by atoms with Gasteiger partial charge in [-0.25, -0.2) is 0 Å². The van der Waals surface area contributed by atoms with Crippen LogP contribution < -0.4 is 0 Å². The van der Waals surface area contributed by atoms with Gasteiger partial charge in [-0.15, -0.1) is 0 Å². The molecule has 2 saturated heterocycles. The number of rotatable bonds is 1. The van der Waals surface area contributed by atoms with Crippen molar-refractivity contribution in [3.05, 3.63) is 23.8 Å². The number of phenolic OH excluding ortho intramolecular Hbond substituents is 2.